The Labute approximate surface area is 389 Å². The molecule has 3 aromatic rings. The van der Waals surface area contributed by atoms with Crippen molar-refractivity contribution in [1.29, 1.82) is 0 Å². The van der Waals surface area contributed by atoms with Gasteiger partial charge in [-0.05, 0) is 103 Å². The first-order chi connectivity index (χ1) is 31.5. The molecule has 0 aliphatic carbocycles. The summed E-state index contributed by atoms with van der Waals surface area (Å²) in [5, 5.41) is 17.6. The van der Waals surface area contributed by atoms with Gasteiger partial charge in [-0.15, -0.1) is 0 Å². The molecule has 0 spiro atoms. The molecular formula is C50H69N5O11. The summed E-state index contributed by atoms with van der Waals surface area (Å²) < 4.78 is 44.8. The first-order valence-corrected chi connectivity index (χ1v) is 23.1. The number of likely N-dealkylation sites (N-methyl/N-ethyl adjacent to an activating group) is 1. The van der Waals surface area contributed by atoms with Crippen LogP contribution >= 0.6 is 0 Å². The third-order valence-corrected chi connectivity index (χ3v) is 13.5. The fraction of sp³-hybridized carbons (Fsp3) is 0.600. The quantitative estimate of drug-likeness (QED) is 0.0778. The number of carbonyl (C=O) groups is 2. The van der Waals surface area contributed by atoms with Gasteiger partial charge in [-0.25, -0.2) is 14.8 Å². The maximum atomic E-state index is 14.6. The highest BCUT2D eigenvalue weighted by Crippen LogP contribution is 2.43. The number of aliphatic hydroxyl groups is 1. The van der Waals surface area contributed by atoms with Crippen LogP contribution in [0.1, 0.15) is 85.8 Å². The van der Waals surface area contributed by atoms with Gasteiger partial charge in [-0.2, -0.15) is 0 Å². The number of allylic oxidation sites excluding steroid dienone is 1. The number of ether oxygens (including phenoxy) is 7. The molecule has 0 radical (unpaired) electrons. The molecule has 3 fully saturated rings. The second kappa shape index (κ2) is 22.2. The highest BCUT2D eigenvalue weighted by Gasteiger charge is 2.59. The van der Waals surface area contributed by atoms with Crippen LogP contribution in [0.5, 0.6) is 0 Å². The maximum Gasteiger partial charge on any atom is 0.509 e. The van der Waals surface area contributed by atoms with Crippen LogP contribution in [0, 0.1) is 23.7 Å². The summed E-state index contributed by atoms with van der Waals surface area (Å²) >= 11 is 0. The van der Waals surface area contributed by atoms with E-state index in [-0.39, 0.29) is 18.8 Å². The van der Waals surface area contributed by atoms with Gasteiger partial charge < -0.3 is 48.0 Å². The summed E-state index contributed by atoms with van der Waals surface area (Å²) in [5.41, 5.74) is 0.679. The molecule has 1 aromatic carbocycles. The lowest BCUT2D eigenvalue weighted by molar-refractivity contribution is -0.301. The number of oxime groups is 1. The minimum atomic E-state index is -1.40. The smallest absolute Gasteiger partial charge is 0.497 e. The molecule has 2 aromatic heterocycles. The Morgan fingerprint density at radius 1 is 1.00 bits per heavy atom. The van der Waals surface area contributed by atoms with E-state index in [1.165, 1.54) is 6.33 Å². The molecule has 5 heterocycles. The van der Waals surface area contributed by atoms with E-state index in [0.29, 0.717) is 31.4 Å². The molecule has 14 atom stereocenters. The van der Waals surface area contributed by atoms with Crippen molar-refractivity contribution >= 4 is 34.8 Å². The lowest BCUT2D eigenvalue weighted by Crippen LogP contribution is -2.60. The molecule has 0 bridgehead atoms. The van der Waals surface area contributed by atoms with Crippen LogP contribution in [-0.2, 0) is 49.2 Å². The number of benzene rings is 1. The first-order valence-electron chi connectivity index (χ1n) is 23.1. The number of hydrogen-bond donors (Lipinski definition) is 1. The van der Waals surface area contributed by atoms with E-state index < -0.39 is 83.8 Å². The van der Waals surface area contributed by atoms with Crippen molar-refractivity contribution in [2.75, 3.05) is 27.8 Å². The van der Waals surface area contributed by atoms with Crippen molar-refractivity contribution < 1.29 is 52.7 Å². The number of cyclic esters (lactones) is 1. The number of fused-ring (bicyclic) bond motifs is 2. The van der Waals surface area contributed by atoms with Crippen molar-refractivity contribution in [3.8, 4) is 0 Å². The van der Waals surface area contributed by atoms with E-state index in [2.05, 4.69) is 21.0 Å². The Bertz CT molecular complexity index is 2170. The van der Waals surface area contributed by atoms with Gasteiger partial charge in [0.25, 0.3) is 0 Å². The van der Waals surface area contributed by atoms with Crippen molar-refractivity contribution in [1.82, 2.24) is 19.9 Å². The van der Waals surface area contributed by atoms with Crippen LogP contribution in [0.25, 0.3) is 17.0 Å². The van der Waals surface area contributed by atoms with Crippen molar-refractivity contribution in [3.63, 3.8) is 0 Å². The van der Waals surface area contributed by atoms with Gasteiger partial charge in [0.05, 0.1) is 41.2 Å². The average molecular weight is 916 g/mol. The lowest BCUT2D eigenvalue weighted by atomic mass is 9.73. The van der Waals surface area contributed by atoms with E-state index in [0.717, 1.165) is 22.0 Å². The molecule has 3 saturated heterocycles. The monoisotopic (exact) mass is 915 g/mol. The number of rotatable bonds is 13. The van der Waals surface area contributed by atoms with Gasteiger partial charge in [0.2, 0.25) is 0 Å². The van der Waals surface area contributed by atoms with Gasteiger partial charge >= 0.3 is 12.1 Å². The summed E-state index contributed by atoms with van der Waals surface area (Å²) in [7, 11) is 5.44. The molecule has 3 aliphatic heterocycles. The second-order valence-corrected chi connectivity index (χ2v) is 18.7. The predicted octanol–water partition coefficient (Wildman–Crippen LogP) is 7.33. The summed E-state index contributed by atoms with van der Waals surface area (Å²) in [4.78, 5) is 48.6. The molecular weight excluding hydrogens is 847 g/mol. The molecule has 16 nitrogen and oxygen atoms in total. The number of para-hydroxylation sites is 1. The summed E-state index contributed by atoms with van der Waals surface area (Å²) in [5.74, 6) is -3.08. The van der Waals surface area contributed by atoms with Crippen molar-refractivity contribution in [2.45, 2.75) is 141 Å². The molecule has 16 heteroatoms. The zero-order valence-corrected chi connectivity index (χ0v) is 40.2. The van der Waals surface area contributed by atoms with E-state index in [4.69, 9.17) is 43.2 Å². The van der Waals surface area contributed by atoms with Gasteiger partial charge in [0, 0.05) is 54.9 Å². The van der Waals surface area contributed by atoms with Gasteiger partial charge in [-0.3, -0.25) is 9.78 Å². The van der Waals surface area contributed by atoms with Crippen LogP contribution in [0.2, 0.25) is 0 Å². The summed E-state index contributed by atoms with van der Waals surface area (Å²) in [6, 6.07) is 9.70. The minimum absolute atomic E-state index is 0.122. The Hall–Kier alpha value is -5.00. The van der Waals surface area contributed by atoms with Crippen molar-refractivity contribution in [3.05, 3.63) is 84.8 Å². The number of methoxy groups -OCH3 is 1. The largest absolute Gasteiger partial charge is 0.509 e. The molecule has 6 rings (SSSR count). The van der Waals surface area contributed by atoms with Crippen LogP contribution in [0.3, 0.4) is 0 Å². The molecule has 0 amide bonds. The second-order valence-electron chi connectivity index (χ2n) is 18.7. The fourth-order valence-electron chi connectivity index (χ4n) is 9.90. The minimum Gasteiger partial charge on any atom is -0.497 e. The third-order valence-electron chi connectivity index (χ3n) is 13.5. The zero-order chi connectivity index (χ0) is 47.8. The van der Waals surface area contributed by atoms with Crippen molar-refractivity contribution in [2.24, 2.45) is 28.8 Å². The number of carbonyl (C=O) groups excluding carboxylic acids is 2. The van der Waals surface area contributed by atoms with E-state index in [1.807, 2.05) is 103 Å². The van der Waals surface area contributed by atoms with E-state index in [1.54, 1.807) is 45.8 Å². The molecule has 360 valence electrons. The number of nitrogens with zero attached hydrogens (tertiary/aromatic N) is 5. The van der Waals surface area contributed by atoms with Gasteiger partial charge in [0.1, 0.15) is 31.2 Å². The average Bonchev–Trinajstić information content (AvgIpc) is 3.62. The Morgan fingerprint density at radius 3 is 2.45 bits per heavy atom. The number of aromatic nitrogens is 3. The normalized spacial score (nSPS) is 35.4. The Kier molecular flexibility index (Phi) is 17.0. The Balaban J connectivity index is 1.41. The van der Waals surface area contributed by atoms with Crippen LogP contribution < -0.4 is 0 Å². The number of pyridine rings is 1. The van der Waals surface area contributed by atoms with Gasteiger partial charge in [0.15, 0.2) is 18.0 Å². The van der Waals surface area contributed by atoms with Crippen LogP contribution in [-0.4, -0.2) is 131 Å². The SMILES string of the molecule is CC[C@H]1OC(=O)[C@H](C)[C@@H](O/C=C\Cc2cncnc2)[C@H](C)[C@@H](O[C@@H]2O[C@@H](C)C[C@@H](N(C)C)[C@@H]2O)[C@](C)(OC)C[C@@H](C)/C(=N\OC/C=C/c2cnc3ccccc3c2)[C@H](C)[C@H]2OC(=O)O[C@@]21C. The highest BCUT2D eigenvalue weighted by molar-refractivity contribution is 5.89. The molecule has 1 N–H and O–H groups in total. The maximum absolute atomic E-state index is 14.6. The first kappa shape index (κ1) is 50.4. The number of hydrogen-bond acceptors (Lipinski definition) is 16. The number of aliphatic hydroxyl groups excluding tert-OH is 1. The Morgan fingerprint density at radius 2 is 1.74 bits per heavy atom. The topological polar surface area (TPSA) is 182 Å². The fourth-order valence-corrected chi connectivity index (χ4v) is 9.90. The van der Waals surface area contributed by atoms with E-state index >= 15 is 0 Å². The standard InChI is InChI=1S/C50H69N5O11/c1-12-40-50(8)45(65-48(58)66-50)32(4)41(54-61-22-16-17-35-24-37-19-13-14-20-38(37)53-28-35)30(2)25-49(7,59-11)44(64-47-42(56)39(55(9)10)23-31(3)62-47)33(5)43(34(6)46(57)63-40)60-21-15-18-36-26-51-29-52-27-36/h13-17,19-21,24,26-34,39-40,42-45,47,56H,12,18,22-23,25H2,1-11H3/b17-16+,21-15-,54-41+/t30-,31+,32+,33+,34-,39-,40-,42+,43+,44-,45-,47+,49-,50-/m1/s1. The highest BCUT2D eigenvalue weighted by atomic mass is 16.8. The molecule has 0 unspecified atom stereocenters. The zero-order valence-electron chi connectivity index (χ0n) is 40.2. The summed E-state index contributed by atoms with van der Waals surface area (Å²) in [6.45, 7) is 15.2. The summed E-state index contributed by atoms with van der Waals surface area (Å²) in [6.07, 6.45) is 8.76. The molecule has 0 saturated carbocycles. The predicted molar refractivity (Wildman–Crippen MR) is 248 cm³/mol. The van der Waals surface area contributed by atoms with Gasteiger partial charge in [-0.1, -0.05) is 57.1 Å². The van der Waals surface area contributed by atoms with Crippen LogP contribution in [0.15, 0.2) is 78.8 Å². The van der Waals surface area contributed by atoms with E-state index in [9.17, 15) is 14.7 Å². The van der Waals surface area contributed by atoms with Crippen LogP contribution in [0.4, 0.5) is 4.79 Å². The lowest BCUT2D eigenvalue weighted by Gasteiger charge is -2.48. The molecule has 3 aliphatic rings. The molecule has 66 heavy (non-hydrogen) atoms. The number of esters is 1. The third kappa shape index (κ3) is 11.6.